The normalized spacial score (nSPS) is 24.3. The number of aliphatic hydroxyl groups excluding tert-OH is 2. The minimum Gasteiger partial charge on any atom is -0.445 e. The van der Waals surface area contributed by atoms with Gasteiger partial charge in [0.2, 0.25) is 5.82 Å². The molecule has 0 bridgehead atoms. The van der Waals surface area contributed by atoms with Gasteiger partial charge >= 0.3 is 6.09 Å². The number of hydrogen-bond acceptors (Lipinski definition) is 10. The fourth-order valence-corrected chi connectivity index (χ4v) is 5.20. The summed E-state index contributed by atoms with van der Waals surface area (Å²) in [6, 6.07) is 9.67. The van der Waals surface area contributed by atoms with E-state index in [9.17, 15) is 19.8 Å². The van der Waals surface area contributed by atoms with Crippen LogP contribution in [0.1, 0.15) is 49.7 Å². The molecule has 1 aromatic carbocycles. The van der Waals surface area contributed by atoms with E-state index in [1.807, 2.05) is 30.3 Å². The van der Waals surface area contributed by atoms with Gasteiger partial charge in [0.1, 0.15) is 24.3 Å². The summed E-state index contributed by atoms with van der Waals surface area (Å²) >= 11 is 0. The number of nitrogens with zero attached hydrogens (tertiary/aromatic N) is 5. The zero-order valence-electron chi connectivity index (χ0n) is 22.9. The number of imidazole rings is 1. The van der Waals surface area contributed by atoms with Crippen LogP contribution in [0.5, 0.6) is 0 Å². The van der Waals surface area contributed by atoms with Crippen LogP contribution in [-0.2, 0) is 20.9 Å². The molecule has 4 atom stereocenters. The fourth-order valence-electron chi connectivity index (χ4n) is 5.20. The van der Waals surface area contributed by atoms with E-state index in [1.54, 1.807) is 4.90 Å². The number of ether oxygens (including phenoxy) is 2. The number of nitrogen functional groups attached to an aromatic ring is 1. The minimum atomic E-state index is -1.42. The quantitative estimate of drug-likeness (QED) is 0.311. The largest absolute Gasteiger partial charge is 0.445 e. The number of aliphatic hydroxyl groups is 2. The molecule has 42 heavy (non-hydrogen) atoms. The van der Waals surface area contributed by atoms with Crippen molar-refractivity contribution in [1.29, 1.82) is 0 Å². The van der Waals surface area contributed by atoms with Gasteiger partial charge in [-0.05, 0) is 43.1 Å². The molecular weight excluding hydrogens is 542 g/mol. The standard InChI is InChI=1S/C29H33N7O6/c30-25-21-26(36(16-31-21)28-23(38)22(37)24(42-28)27(39)32-19-9-10-19)34-20(33-25)8-4-7-17-11-13-35(14-12-17)29(40)41-15-18-5-2-1-3-6-18/h1-3,5-6,16-17,19,22-24,28,37-38H,7,9-15H2,(H,32,39)(H2,30,33,34)/t22?,23-,24-,28+/m0/s1. The number of carbonyl (C=O) groups is 2. The highest BCUT2D eigenvalue weighted by atomic mass is 16.6. The lowest BCUT2D eigenvalue weighted by molar-refractivity contribution is -0.137. The zero-order valence-corrected chi connectivity index (χ0v) is 22.9. The Morgan fingerprint density at radius 1 is 1.10 bits per heavy atom. The number of piperidine rings is 1. The fraction of sp³-hybridized carbons (Fsp3) is 0.483. The summed E-state index contributed by atoms with van der Waals surface area (Å²) in [5.74, 6) is 6.23. The van der Waals surface area contributed by atoms with E-state index in [2.05, 4.69) is 32.1 Å². The Morgan fingerprint density at radius 3 is 2.60 bits per heavy atom. The number of carbonyl (C=O) groups excluding carboxylic acids is 2. The van der Waals surface area contributed by atoms with Crippen molar-refractivity contribution in [3.05, 3.63) is 48.0 Å². The van der Waals surface area contributed by atoms with Crippen molar-refractivity contribution < 1.29 is 29.3 Å². The van der Waals surface area contributed by atoms with Crippen molar-refractivity contribution in [2.24, 2.45) is 5.92 Å². The van der Waals surface area contributed by atoms with Crippen LogP contribution < -0.4 is 11.1 Å². The first kappa shape index (κ1) is 27.9. The molecule has 2 aromatic heterocycles. The molecule has 220 valence electrons. The van der Waals surface area contributed by atoms with Gasteiger partial charge in [-0.15, -0.1) is 0 Å². The summed E-state index contributed by atoms with van der Waals surface area (Å²) < 4.78 is 12.6. The third kappa shape index (κ3) is 6.01. The van der Waals surface area contributed by atoms with Gasteiger partial charge in [0.15, 0.2) is 23.8 Å². The molecule has 5 N–H and O–H groups in total. The number of nitrogens with two attached hydrogens (primary N) is 1. The molecule has 4 heterocycles. The highest BCUT2D eigenvalue weighted by Gasteiger charge is 2.48. The molecule has 0 radical (unpaired) electrons. The molecule has 2 saturated heterocycles. The summed E-state index contributed by atoms with van der Waals surface area (Å²) in [4.78, 5) is 39.6. The summed E-state index contributed by atoms with van der Waals surface area (Å²) in [6.07, 6.45) is -0.0710. The molecule has 0 spiro atoms. The Hall–Kier alpha value is -4.25. The Labute approximate surface area is 242 Å². The van der Waals surface area contributed by atoms with E-state index in [1.165, 1.54) is 10.9 Å². The van der Waals surface area contributed by atoms with Crippen molar-refractivity contribution in [1.82, 2.24) is 29.7 Å². The number of rotatable bonds is 6. The summed E-state index contributed by atoms with van der Waals surface area (Å²) in [6.45, 7) is 1.45. The number of anilines is 1. The lowest BCUT2D eigenvalue weighted by Gasteiger charge is -2.30. The maximum absolute atomic E-state index is 12.5. The lowest BCUT2D eigenvalue weighted by Crippen LogP contribution is -2.43. The van der Waals surface area contributed by atoms with E-state index >= 15 is 0 Å². The maximum atomic E-state index is 12.5. The number of fused-ring (bicyclic) bond motifs is 1. The molecule has 13 heteroatoms. The third-order valence-electron chi connectivity index (χ3n) is 7.81. The van der Waals surface area contributed by atoms with Crippen LogP contribution in [0.15, 0.2) is 36.7 Å². The first-order chi connectivity index (χ1) is 20.4. The summed E-state index contributed by atoms with van der Waals surface area (Å²) in [7, 11) is 0. The van der Waals surface area contributed by atoms with Crippen LogP contribution in [-0.4, -0.2) is 84.1 Å². The number of nitrogens with one attached hydrogen (secondary N) is 1. The first-order valence-corrected chi connectivity index (χ1v) is 14.1. The van der Waals surface area contributed by atoms with Gasteiger partial charge in [0.05, 0.1) is 6.33 Å². The summed E-state index contributed by atoms with van der Waals surface area (Å²) in [5.41, 5.74) is 7.64. The topological polar surface area (TPSA) is 178 Å². The van der Waals surface area contributed by atoms with Gasteiger partial charge in [0, 0.05) is 25.6 Å². The molecule has 2 aliphatic heterocycles. The molecule has 3 aliphatic rings. The Balaban J connectivity index is 1.06. The predicted octanol–water partition coefficient (Wildman–Crippen LogP) is 1.10. The van der Waals surface area contributed by atoms with Gasteiger partial charge in [-0.1, -0.05) is 36.3 Å². The van der Waals surface area contributed by atoms with Crippen molar-refractivity contribution in [2.45, 2.75) is 69.3 Å². The lowest BCUT2D eigenvalue weighted by atomic mass is 9.94. The minimum absolute atomic E-state index is 0.0845. The van der Waals surface area contributed by atoms with E-state index in [0.717, 1.165) is 31.2 Å². The average molecular weight is 576 g/mol. The Morgan fingerprint density at radius 2 is 1.86 bits per heavy atom. The number of benzene rings is 1. The molecule has 3 aromatic rings. The van der Waals surface area contributed by atoms with Crippen molar-refractivity contribution in [2.75, 3.05) is 18.8 Å². The molecule has 13 nitrogen and oxygen atoms in total. The number of aromatic nitrogens is 4. The van der Waals surface area contributed by atoms with Gasteiger partial charge in [-0.25, -0.2) is 19.7 Å². The number of amides is 2. The second kappa shape index (κ2) is 11.9. The monoisotopic (exact) mass is 575 g/mol. The van der Waals surface area contributed by atoms with Gasteiger partial charge in [-0.2, -0.15) is 0 Å². The van der Waals surface area contributed by atoms with Crippen LogP contribution in [0, 0.1) is 17.8 Å². The van der Waals surface area contributed by atoms with E-state index < -0.39 is 30.4 Å². The van der Waals surface area contributed by atoms with E-state index in [0.29, 0.717) is 30.9 Å². The van der Waals surface area contributed by atoms with E-state index in [4.69, 9.17) is 15.2 Å². The number of likely N-dealkylation sites (tertiary alicyclic amines) is 1. The van der Waals surface area contributed by atoms with Crippen LogP contribution in [0.2, 0.25) is 0 Å². The van der Waals surface area contributed by atoms with Crippen LogP contribution in [0.25, 0.3) is 11.2 Å². The molecule has 6 rings (SSSR count). The van der Waals surface area contributed by atoms with E-state index in [-0.39, 0.29) is 36.0 Å². The van der Waals surface area contributed by atoms with Crippen molar-refractivity contribution >= 4 is 29.0 Å². The third-order valence-corrected chi connectivity index (χ3v) is 7.81. The van der Waals surface area contributed by atoms with Crippen molar-refractivity contribution in [3.8, 4) is 11.8 Å². The Bertz CT molecular complexity index is 1510. The van der Waals surface area contributed by atoms with Crippen LogP contribution in [0.3, 0.4) is 0 Å². The smallest absolute Gasteiger partial charge is 0.410 e. The second-order valence-corrected chi connectivity index (χ2v) is 10.9. The van der Waals surface area contributed by atoms with Gasteiger partial charge < -0.3 is 35.6 Å². The number of hydrogen-bond donors (Lipinski definition) is 4. The molecule has 2 amide bonds. The highest BCUT2D eigenvalue weighted by Crippen LogP contribution is 2.33. The van der Waals surface area contributed by atoms with Gasteiger partial charge in [-0.3, -0.25) is 9.36 Å². The highest BCUT2D eigenvalue weighted by molar-refractivity contribution is 5.83. The molecule has 1 unspecified atom stereocenters. The maximum Gasteiger partial charge on any atom is 0.410 e. The molecule has 3 fully saturated rings. The Kier molecular flexibility index (Phi) is 7.92. The zero-order chi connectivity index (χ0) is 29.2. The molecular formula is C29H33N7O6. The predicted molar refractivity (Wildman–Crippen MR) is 149 cm³/mol. The van der Waals surface area contributed by atoms with Crippen LogP contribution in [0.4, 0.5) is 10.6 Å². The summed E-state index contributed by atoms with van der Waals surface area (Å²) in [5, 5.41) is 24.0. The second-order valence-electron chi connectivity index (χ2n) is 10.9. The first-order valence-electron chi connectivity index (χ1n) is 14.1. The van der Waals surface area contributed by atoms with Crippen LogP contribution >= 0.6 is 0 Å². The van der Waals surface area contributed by atoms with Crippen molar-refractivity contribution in [3.63, 3.8) is 0 Å². The SMILES string of the molecule is Nc1nc(C#CCC2CCN(C(=O)OCc3ccccc3)CC2)nc2c1ncn2[C@@H]1O[C@H](C(=O)NC2CC2)C(O)[C@@H]1O. The average Bonchev–Trinajstić information content (AvgIpc) is 3.63. The molecule has 1 saturated carbocycles. The molecule has 1 aliphatic carbocycles. The van der Waals surface area contributed by atoms with Gasteiger partial charge in [0.25, 0.3) is 5.91 Å².